The van der Waals surface area contributed by atoms with Crippen LogP contribution in [0.2, 0.25) is 0 Å². The number of benzene rings is 1. The van der Waals surface area contributed by atoms with Crippen LogP contribution in [0.3, 0.4) is 0 Å². The van der Waals surface area contributed by atoms with Crippen LogP contribution in [0.5, 0.6) is 0 Å². The summed E-state index contributed by atoms with van der Waals surface area (Å²) in [6.45, 7) is 2.98. The average Bonchev–Trinajstić information content (AvgIpc) is 2.36. The molecule has 0 radical (unpaired) electrons. The maximum absolute atomic E-state index is 11.7. The minimum atomic E-state index is -1.25. The minimum absolute atomic E-state index is 0.201. The third-order valence-electron chi connectivity index (χ3n) is 2.67. The van der Waals surface area contributed by atoms with Gasteiger partial charge in [0.2, 0.25) is 0 Å². The predicted octanol–water partition coefficient (Wildman–Crippen LogP) is 1.45. The topological polar surface area (TPSA) is 90.6 Å². The Bertz CT molecular complexity index is 613. The Morgan fingerprint density at radius 2 is 1.71 bits per heavy atom. The van der Waals surface area contributed by atoms with Crippen LogP contribution in [0.15, 0.2) is 36.0 Å². The van der Waals surface area contributed by atoms with Gasteiger partial charge in [-0.2, -0.15) is 0 Å². The van der Waals surface area contributed by atoms with Crippen LogP contribution >= 0.6 is 12.2 Å². The summed E-state index contributed by atoms with van der Waals surface area (Å²) in [6.07, 6.45) is 1.25. The highest BCUT2D eigenvalue weighted by Crippen LogP contribution is 2.22. The van der Waals surface area contributed by atoms with Gasteiger partial charge in [-0.15, -0.1) is 0 Å². The molecular weight excluding hydrogens is 292 g/mol. The molecule has 1 fully saturated rings. The molecule has 0 aliphatic carbocycles. The molecule has 1 aliphatic rings. The Balaban J connectivity index is 2.12. The van der Waals surface area contributed by atoms with Gasteiger partial charge in [-0.3, -0.25) is 0 Å². The molecule has 1 aromatic carbocycles. The third-order valence-corrected chi connectivity index (χ3v) is 2.91. The molecule has 3 N–H and O–H groups in total. The second-order valence-electron chi connectivity index (χ2n) is 4.82. The molecule has 1 heterocycles. The summed E-state index contributed by atoms with van der Waals surface area (Å²) in [7, 11) is 0. The summed E-state index contributed by atoms with van der Waals surface area (Å²) in [6, 6.07) is 6.89. The fourth-order valence-electron chi connectivity index (χ4n) is 1.66. The van der Waals surface area contributed by atoms with Gasteiger partial charge in [-0.25, -0.2) is 9.59 Å². The molecule has 1 aliphatic heterocycles. The maximum atomic E-state index is 11.7. The molecule has 0 atom stereocenters. The first-order chi connectivity index (χ1) is 9.78. The molecule has 0 saturated carbocycles. The fourth-order valence-corrected chi connectivity index (χ4v) is 1.80. The first-order valence-corrected chi connectivity index (χ1v) is 6.52. The standard InChI is InChI=1S/C14H14N2O4S/c1-14(2)19-12(17)10(13(18)20-14)7-16-9-5-3-8(4-6-9)11(15)21/h3-7,16H,1-2H3,(H2,15,21). The predicted molar refractivity (Wildman–Crippen MR) is 80.3 cm³/mol. The molecule has 0 aromatic heterocycles. The van der Waals surface area contributed by atoms with Crippen LogP contribution in [0.25, 0.3) is 0 Å². The molecule has 110 valence electrons. The first-order valence-electron chi connectivity index (χ1n) is 6.12. The van der Waals surface area contributed by atoms with Crippen molar-refractivity contribution in [1.29, 1.82) is 0 Å². The van der Waals surface area contributed by atoms with Crippen molar-refractivity contribution in [2.45, 2.75) is 19.6 Å². The SMILES string of the molecule is CC1(C)OC(=O)C(=CNc2ccc(C(N)=S)cc2)C(=O)O1. The smallest absolute Gasteiger partial charge is 0.350 e. The lowest BCUT2D eigenvalue weighted by atomic mass is 10.2. The number of carbonyl (C=O) groups excluding carboxylic acids is 2. The van der Waals surface area contributed by atoms with Gasteiger partial charge in [0.15, 0.2) is 5.57 Å². The Morgan fingerprint density at radius 1 is 1.19 bits per heavy atom. The van der Waals surface area contributed by atoms with Crippen molar-refractivity contribution in [3.05, 3.63) is 41.6 Å². The van der Waals surface area contributed by atoms with Gasteiger partial charge >= 0.3 is 11.9 Å². The average molecular weight is 306 g/mol. The van der Waals surface area contributed by atoms with Gasteiger partial charge in [0.25, 0.3) is 5.79 Å². The van der Waals surface area contributed by atoms with Gasteiger partial charge in [0.05, 0.1) is 0 Å². The summed E-state index contributed by atoms with van der Waals surface area (Å²) in [5, 5.41) is 2.82. The van der Waals surface area contributed by atoms with Crippen LogP contribution in [-0.4, -0.2) is 22.7 Å². The fraction of sp³-hybridized carbons (Fsp3) is 0.214. The number of thiocarbonyl (C=S) groups is 1. The van der Waals surface area contributed by atoms with Crippen molar-refractivity contribution < 1.29 is 19.1 Å². The molecule has 0 bridgehead atoms. The number of hydrogen-bond donors (Lipinski definition) is 2. The number of cyclic esters (lactones) is 2. The molecule has 0 amide bonds. The van der Waals surface area contributed by atoms with Crippen LogP contribution in [0.1, 0.15) is 19.4 Å². The maximum Gasteiger partial charge on any atom is 0.350 e. The van der Waals surface area contributed by atoms with E-state index in [1.165, 1.54) is 20.0 Å². The van der Waals surface area contributed by atoms with Gasteiger partial charge in [0.1, 0.15) is 4.99 Å². The number of nitrogens with two attached hydrogens (primary N) is 1. The van der Waals surface area contributed by atoms with E-state index in [1.807, 2.05) is 0 Å². The summed E-state index contributed by atoms with van der Waals surface area (Å²) in [5.74, 6) is -2.71. The van der Waals surface area contributed by atoms with Crippen molar-refractivity contribution in [2.75, 3.05) is 5.32 Å². The van der Waals surface area contributed by atoms with Crippen molar-refractivity contribution in [2.24, 2.45) is 5.73 Å². The molecule has 1 saturated heterocycles. The number of rotatable bonds is 3. The minimum Gasteiger partial charge on any atom is -0.419 e. The van der Waals surface area contributed by atoms with Crippen molar-refractivity contribution in [3.8, 4) is 0 Å². The Hall–Kier alpha value is -2.41. The molecule has 1 aromatic rings. The lowest BCUT2D eigenvalue weighted by Gasteiger charge is -2.29. The van der Waals surface area contributed by atoms with E-state index < -0.39 is 17.7 Å². The number of hydrogen-bond acceptors (Lipinski definition) is 6. The molecular formula is C14H14N2O4S. The van der Waals surface area contributed by atoms with Crippen molar-refractivity contribution in [1.82, 2.24) is 0 Å². The number of carbonyl (C=O) groups is 2. The molecule has 2 rings (SSSR count). The number of ether oxygens (including phenoxy) is 2. The summed E-state index contributed by atoms with van der Waals surface area (Å²) >= 11 is 4.85. The van der Waals surface area contributed by atoms with E-state index >= 15 is 0 Å². The second kappa shape index (κ2) is 5.53. The van der Waals surface area contributed by atoms with Crippen molar-refractivity contribution in [3.63, 3.8) is 0 Å². The second-order valence-corrected chi connectivity index (χ2v) is 5.26. The molecule has 0 spiro atoms. The number of anilines is 1. The lowest BCUT2D eigenvalue weighted by molar-refractivity contribution is -0.222. The zero-order valence-electron chi connectivity index (χ0n) is 11.5. The van der Waals surface area contributed by atoms with Gasteiger partial charge < -0.3 is 20.5 Å². The molecule has 6 nitrogen and oxygen atoms in total. The first kappa shape index (κ1) is 15.0. The van der Waals surface area contributed by atoms with E-state index in [4.69, 9.17) is 27.4 Å². The summed E-state index contributed by atoms with van der Waals surface area (Å²) in [5.41, 5.74) is 6.68. The van der Waals surface area contributed by atoms with Crippen LogP contribution in [0.4, 0.5) is 5.69 Å². The third kappa shape index (κ3) is 3.57. The summed E-state index contributed by atoms with van der Waals surface area (Å²) in [4.78, 5) is 23.7. The van der Waals surface area contributed by atoms with Crippen LogP contribution < -0.4 is 11.1 Å². The van der Waals surface area contributed by atoms with E-state index in [-0.39, 0.29) is 5.57 Å². The van der Waals surface area contributed by atoms with Crippen LogP contribution in [-0.2, 0) is 19.1 Å². The van der Waals surface area contributed by atoms with E-state index in [2.05, 4.69) is 5.32 Å². The van der Waals surface area contributed by atoms with Gasteiger partial charge in [-0.05, 0) is 24.3 Å². The van der Waals surface area contributed by atoms with E-state index in [1.54, 1.807) is 24.3 Å². The largest absolute Gasteiger partial charge is 0.419 e. The lowest BCUT2D eigenvalue weighted by Crippen LogP contribution is -2.42. The highest BCUT2D eigenvalue weighted by atomic mass is 32.1. The monoisotopic (exact) mass is 306 g/mol. The Morgan fingerprint density at radius 3 is 2.19 bits per heavy atom. The van der Waals surface area contributed by atoms with E-state index in [0.29, 0.717) is 10.7 Å². The van der Waals surface area contributed by atoms with Crippen LogP contribution in [0, 0.1) is 0 Å². The quantitative estimate of drug-likeness (QED) is 0.378. The number of nitrogens with one attached hydrogen (secondary N) is 1. The molecule has 0 unspecified atom stereocenters. The molecule has 21 heavy (non-hydrogen) atoms. The molecule has 7 heteroatoms. The van der Waals surface area contributed by atoms with Gasteiger partial charge in [-0.1, -0.05) is 12.2 Å². The van der Waals surface area contributed by atoms with E-state index in [9.17, 15) is 9.59 Å². The van der Waals surface area contributed by atoms with Crippen molar-refractivity contribution >= 4 is 34.8 Å². The highest BCUT2D eigenvalue weighted by Gasteiger charge is 2.38. The summed E-state index contributed by atoms with van der Waals surface area (Å²) < 4.78 is 9.94. The normalized spacial score (nSPS) is 16.8. The van der Waals surface area contributed by atoms with E-state index in [0.717, 1.165) is 5.56 Å². The zero-order chi connectivity index (χ0) is 15.6. The highest BCUT2D eigenvalue weighted by molar-refractivity contribution is 7.80. The number of esters is 2. The van der Waals surface area contributed by atoms with Gasteiger partial charge in [0, 0.05) is 31.3 Å². The zero-order valence-corrected chi connectivity index (χ0v) is 12.3. The Labute approximate surface area is 126 Å². The Kier molecular flexibility index (Phi) is 3.95.